The van der Waals surface area contributed by atoms with E-state index in [1.807, 2.05) is 0 Å². The second-order valence-corrected chi connectivity index (χ2v) is 5.44. The van der Waals surface area contributed by atoms with Gasteiger partial charge in [0.05, 0.1) is 17.7 Å². The Morgan fingerprint density at radius 3 is 2.70 bits per heavy atom. The number of nitrogens with two attached hydrogens (primary N) is 1. The SMILES string of the molecule is CCCC[C@H](CC)[C@@H](OCCN)c1cccc(Cl)c1F. The van der Waals surface area contributed by atoms with Crippen molar-refractivity contribution in [3.05, 3.63) is 34.6 Å². The Morgan fingerprint density at radius 1 is 1.35 bits per heavy atom. The van der Waals surface area contributed by atoms with E-state index in [0.29, 0.717) is 18.7 Å². The molecule has 2 nitrogen and oxygen atoms in total. The van der Waals surface area contributed by atoms with Gasteiger partial charge in [0.25, 0.3) is 0 Å². The van der Waals surface area contributed by atoms with Crippen LogP contribution in [0.5, 0.6) is 0 Å². The smallest absolute Gasteiger partial charge is 0.147 e. The zero-order valence-electron chi connectivity index (χ0n) is 12.4. The van der Waals surface area contributed by atoms with Gasteiger partial charge >= 0.3 is 0 Å². The van der Waals surface area contributed by atoms with Crippen molar-refractivity contribution in [3.63, 3.8) is 0 Å². The Bertz CT molecular complexity index is 400. The fourth-order valence-corrected chi connectivity index (χ4v) is 2.63. The van der Waals surface area contributed by atoms with E-state index in [-0.39, 0.29) is 22.9 Å². The molecule has 0 saturated heterocycles. The Labute approximate surface area is 126 Å². The highest BCUT2D eigenvalue weighted by Crippen LogP contribution is 2.35. The molecule has 114 valence electrons. The van der Waals surface area contributed by atoms with Crippen LogP contribution in [0.4, 0.5) is 4.39 Å². The summed E-state index contributed by atoms with van der Waals surface area (Å²) in [6.07, 6.45) is 3.94. The fourth-order valence-electron chi connectivity index (χ4n) is 2.45. The summed E-state index contributed by atoms with van der Waals surface area (Å²) in [5.74, 6) is -0.0828. The largest absolute Gasteiger partial charge is 0.372 e. The third-order valence-electron chi connectivity index (χ3n) is 3.58. The summed E-state index contributed by atoms with van der Waals surface area (Å²) in [6, 6.07) is 5.09. The second-order valence-electron chi connectivity index (χ2n) is 5.03. The number of hydrogen-bond acceptors (Lipinski definition) is 2. The molecule has 0 radical (unpaired) electrons. The molecule has 0 amide bonds. The van der Waals surface area contributed by atoms with Crippen molar-refractivity contribution in [1.29, 1.82) is 0 Å². The van der Waals surface area contributed by atoms with E-state index < -0.39 is 0 Å². The predicted molar refractivity (Wildman–Crippen MR) is 82.5 cm³/mol. The molecular formula is C16H25ClFNO. The van der Waals surface area contributed by atoms with E-state index in [1.54, 1.807) is 18.2 Å². The predicted octanol–water partition coefficient (Wildman–Crippen LogP) is 4.71. The van der Waals surface area contributed by atoms with Crippen LogP contribution in [0.1, 0.15) is 51.2 Å². The average Bonchev–Trinajstić information content (AvgIpc) is 2.46. The van der Waals surface area contributed by atoms with Crippen LogP contribution >= 0.6 is 11.6 Å². The highest BCUT2D eigenvalue weighted by molar-refractivity contribution is 6.30. The number of benzene rings is 1. The molecule has 0 fully saturated rings. The normalized spacial score (nSPS) is 14.2. The Morgan fingerprint density at radius 2 is 2.10 bits per heavy atom. The lowest BCUT2D eigenvalue weighted by Gasteiger charge is -2.27. The first-order valence-electron chi connectivity index (χ1n) is 7.41. The molecule has 0 unspecified atom stereocenters. The van der Waals surface area contributed by atoms with Crippen molar-refractivity contribution in [3.8, 4) is 0 Å². The molecule has 1 rings (SSSR count). The van der Waals surface area contributed by atoms with Crippen LogP contribution < -0.4 is 5.73 Å². The summed E-state index contributed by atoms with van der Waals surface area (Å²) >= 11 is 5.89. The lowest BCUT2D eigenvalue weighted by atomic mass is 9.88. The maximum atomic E-state index is 14.3. The number of rotatable bonds is 9. The molecule has 0 aliphatic rings. The van der Waals surface area contributed by atoms with E-state index in [2.05, 4.69) is 13.8 Å². The van der Waals surface area contributed by atoms with Crippen molar-refractivity contribution < 1.29 is 9.13 Å². The van der Waals surface area contributed by atoms with Crippen LogP contribution in [0.15, 0.2) is 18.2 Å². The third kappa shape index (κ3) is 4.72. The monoisotopic (exact) mass is 301 g/mol. The second kappa shape index (κ2) is 9.32. The van der Waals surface area contributed by atoms with Crippen LogP contribution in [0.25, 0.3) is 0 Å². The minimum absolute atomic E-state index is 0.147. The molecule has 2 atom stereocenters. The molecule has 0 aliphatic carbocycles. The van der Waals surface area contributed by atoms with Crippen molar-refractivity contribution in [1.82, 2.24) is 0 Å². The summed E-state index contributed by atoms with van der Waals surface area (Å²) in [7, 11) is 0. The summed E-state index contributed by atoms with van der Waals surface area (Å²) in [5.41, 5.74) is 6.07. The quantitative estimate of drug-likeness (QED) is 0.717. The van der Waals surface area contributed by atoms with Crippen molar-refractivity contribution in [2.75, 3.05) is 13.2 Å². The summed E-state index contributed by atoms with van der Waals surface area (Å²) < 4.78 is 20.1. The van der Waals surface area contributed by atoms with Crippen LogP contribution in [0.2, 0.25) is 5.02 Å². The van der Waals surface area contributed by atoms with Gasteiger partial charge in [-0.3, -0.25) is 0 Å². The number of hydrogen-bond donors (Lipinski definition) is 1. The zero-order chi connectivity index (χ0) is 15.0. The fraction of sp³-hybridized carbons (Fsp3) is 0.625. The first-order chi connectivity index (χ1) is 9.65. The number of unbranched alkanes of at least 4 members (excludes halogenated alkanes) is 1. The number of halogens is 2. The maximum Gasteiger partial charge on any atom is 0.147 e. The maximum absolute atomic E-state index is 14.3. The van der Waals surface area contributed by atoms with Gasteiger partial charge in [0.15, 0.2) is 0 Å². The summed E-state index contributed by atoms with van der Waals surface area (Å²) in [4.78, 5) is 0. The van der Waals surface area contributed by atoms with Gasteiger partial charge < -0.3 is 10.5 Å². The van der Waals surface area contributed by atoms with E-state index in [4.69, 9.17) is 22.1 Å². The Hall–Kier alpha value is -0.640. The van der Waals surface area contributed by atoms with Gasteiger partial charge in [-0.05, 0) is 18.4 Å². The van der Waals surface area contributed by atoms with Gasteiger partial charge in [0, 0.05) is 12.1 Å². The van der Waals surface area contributed by atoms with Crippen LogP contribution in [0, 0.1) is 11.7 Å². The molecule has 1 aromatic carbocycles. The zero-order valence-corrected chi connectivity index (χ0v) is 13.1. The molecule has 1 aromatic rings. The average molecular weight is 302 g/mol. The molecule has 4 heteroatoms. The highest BCUT2D eigenvalue weighted by Gasteiger charge is 2.25. The number of ether oxygens (including phenoxy) is 1. The lowest BCUT2D eigenvalue weighted by molar-refractivity contribution is 0.00776. The first kappa shape index (κ1) is 17.4. The molecule has 0 spiro atoms. The topological polar surface area (TPSA) is 35.2 Å². The van der Waals surface area contributed by atoms with Crippen LogP contribution in [0.3, 0.4) is 0 Å². The van der Waals surface area contributed by atoms with E-state index in [0.717, 1.165) is 25.7 Å². The van der Waals surface area contributed by atoms with E-state index in [1.165, 1.54) is 0 Å². The van der Waals surface area contributed by atoms with E-state index in [9.17, 15) is 4.39 Å². The standard InChI is InChI=1S/C16H25ClFNO/c1-3-5-7-12(4-2)16(20-11-10-19)13-8-6-9-14(17)15(13)18/h6,8-9,12,16H,3-5,7,10-11,19H2,1-2H3/t12-,16+/m0/s1. The minimum Gasteiger partial charge on any atom is -0.372 e. The van der Waals surface area contributed by atoms with E-state index >= 15 is 0 Å². The van der Waals surface area contributed by atoms with Crippen LogP contribution in [-0.2, 0) is 4.74 Å². The van der Waals surface area contributed by atoms with Gasteiger partial charge in [-0.15, -0.1) is 0 Å². The summed E-state index contributed by atoms with van der Waals surface area (Å²) in [6.45, 7) is 5.13. The molecule has 0 bridgehead atoms. The molecular weight excluding hydrogens is 277 g/mol. The highest BCUT2D eigenvalue weighted by atomic mass is 35.5. The van der Waals surface area contributed by atoms with Crippen molar-refractivity contribution in [2.45, 2.75) is 45.6 Å². The van der Waals surface area contributed by atoms with Gasteiger partial charge in [-0.1, -0.05) is 56.8 Å². The van der Waals surface area contributed by atoms with Gasteiger partial charge in [-0.25, -0.2) is 4.39 Å². The molecule has 0 aromatic heterocycles. The van der Waals surface area contributed by atoms with Crippen LogP contribution in [-0.4, -0.2) is 13.2 Å². The molecule has 0 aliphatic heterocycles. The lowest BCUT2D eigenvalue weighted by Crippen LogP contribution is -2.21. The third-order valence-corrected chi connectivity index (χ3v) is 3.88. The summed E-state index contributed by atoms with van der Waals surface area (Å²) in [5, 5.41) is 0.147. The molecule has 0 saturated carbocycles. The van der Waals surface area contributed by atoms with Gasteiger partial charge in [0.1, 0.15) is 5.82 Å². The molecule has 2 N–H and O–H groups in total. The molecule has 20 heavy (non-hydrogen) atoms. The van der Waals surface area contributed by atoms with Gasteiger partial charge in [-0.2, -0.15) is 0 Å². The Kier molecular flexibility index (Phi) is 8.12. The minimum atomic E-state index is -0.369. The van der Waals surface area contributed by atoms with Crippen molar-refractivity contribution >= 4 is 11.6 Å². The molecule has 0 heterocycles. The van der Waals surface area contributed by atoms with Crippen molar-refractivity contribution in [2.24, 2.45) is 11.7 Å². The van der Waals surface area contributed by atoms with Gasteiger partial charge in [0.2, 0.25) is 0 Å². The first-order valence-corrected chi connectivity index (χ1v) is 7.79. The Balaban J connectivity index is 2.99.